The van der Waals surface area contributed by atoms with Crippen molar-refractivity contribution in [1.29, 1.82) is 5.26 Å². The zero-order chi connectivity index (χ0) is 9.68. The van der Waals surface area contributed by atoms with E-state index in [2.05, 4.69) is 0 Å². The smallest absolute Gasteiger partial charge is 0.304 e. The third kappa shape index (κ3) is 3.40. The summed E-state index contributed by atoms with van der Waals surface area (Å²) in [4.78, 5) is 12.2. The lowest BCUT2D eigenvalue weighted by atomic mass is 10.3. The molecule has 0 aromatic rings. The molecule has 1 aliphatic rings. The van der Waals surface area contributed by atoms with Crippen molar-refractivity contribution < 1.29 is 14.6 Å². The van der Waals surface area contributed by atoms with Crippen molar-refractivity contribution in [2.75, 3.05) is 26.2 Å². The van der Waals surface area contributed by atoms with Gasteiger partial charge in [0.1, 0.15) is 0 Å². The van der Waals surface area contributed by atoms with E-state index in [4.69, 9.17) is 15.1 Å². The molecule has 5 heteroatoms. The molecule has 0 aliphatic carbocycles. The number of carboxylic acid groups (broad SMARTS) is 1. The summed E-state index contributed by atoms with van der Waals surface area (Å²) in [6, 6.07) is 2.01. The van der Waals surface area contributed by atoms with Gasteiger partial charge in [-0.05, 0) is 0 Å². The molecule has 1 heterocycles. The van der Waals surface area contributed by atoms with E-state index >= 15 is 0 Å². The molecule has 1 saturated heterocycles. The van der Waals surface area contributed by atoms with Crippen LogP contribution < -0.4 is 0 Å². The van der Waals surface area contributed by atoms with Gasteiger partial charge in [-0.15, -0.1) is 0 Å². The van der Waals surface area contributed by atoms with E-state index < -0.39 is 12.1 Å². The van der Waals surface area contributed by atoms with Crippen LogP contribution in [0.5, 0.6) is 0 Å². The Morgan fingerprint density at radius 3 is 3.15 bits per heavy atom. The lowest BCUT2D eigenvalue weighted by molar-refractivity contribution is -0.137. The average molecular weight is 184 g/mol. The molecule has 0 saturated carbocycles. The van der Waals surface area contributed by atoms with Gasteiger partial charge in [0, 0.05) is 19.6 Å². The summed E-state index contributed by atoms with van der Waals surface area (Å²) in [6.45, 7) is 2.24. The fourth-order valence-corrected chi connectivity index (χ4v) is 1.24. The first-order valence-corrected chi connectivity index (χ1v) is 4.17. The zero-order valence-electron chi connectivity index (χ0n) is 7.27. The first-order valence-electron chi connectivity index (χ1n) is 4.17. The molecule has 0 amide bonds. The highest BCUT2D eigenvalue weighted by Crippen LogP contribution is 2.04. The third-order valence-corrected chi connectivity index (χ3v) is 1.94. The number of rotatable bonds is 3. The SMILES string of the molecule is N#CC1CN(CCC(=O)O)CCO1. The Labute approximate surface area is 76.5 Å². The van der Waals surface area contributed by atoms with Crippen LogP contribution in [0, 0.1) is 11.3 Å². The molecule has 1 atom stereocenters. The topological polar surface area (TPSA) is 73.6 Å². The molecule has 0 radical (unpaired) electrons. The monoisotopic (exact) mass is 184 g/mol. The van der Waals surface area contributed by atoms with E-state index in [1.165, 1.54) is 0 Å². The van der Waals surface area contributed by atoms with Gasteiger partial charge in [-0.1, -0.05) is 0 Å². The van der Waals surface area contributed by atoms with Crippen molar-refractivity contribution in [2.45, 2.75) is 12.5 Å². The van der Waals surface area contributed by atoms with Crippen molar-refractivity contribution in [2.24, 2.45) is 0 Å². The highest BCUT2D eigenvalue weighted by atomic mass is 16.5. The Bertz CT molecular complexity index is 224. The number of nitriles is 1. The Kier molecular flexibility index (Phi) is 3.68. The second-order valence-corrected chi connectivity index (χ2v) is 2.93. The summed E-state index contributed by atoms with van der Waals surface area (Å²) >= 11 is 0. The van der Waals surface area contributed by atoms with Gasteiger partial charge >= 0.3 is 5.97 Å². The largest absolute Gasteiger partial charge is 0.481 e. The fraction of sp³-hybridized carbons (Fsp3) is 0.750. The Balaban J connectivity index is 2.27. The summed E-state index contributed by atoms with van der Waals surface area (Å²) in [5.41, 5.74) is 0. The fourth-order valence-electron chi connectivity index (χ4n) is 1.24. The lowest BCUT2D eigenvalue weighted by Gasteiger charge is -2.28. The summed E-state index contributed by atoms with van der Waals surface area (Å²) in [5.74, 6) is -0.806. The van der Waals surface area contributed by atoms with E-state index in [1.54, 1.807) is 0 Å². The van der Waals surface area contributed by atoms with Crippen molar-refractivity contribution in [1.82, 2.24) is 4.90 Å². The van der Waals surface area contributed by atoms with Gasteiger partial charge in [0.2, 0.25) is 0 Å². The van der Waals surface area contributed by atoms with Crippen molar-refractivity contribution >= 4 is 5.97 Å². The number of hydrogen-bond acceptors (Lipinski definition) is 4. The highest BCUT2D eigenvalue weighted by molar-refractivity contribution is 5.66. The van der Waals surface area contributed by atoms with Gasteiger partial charge < -0.3 is 9.84 Å². The molecule has 1 rings (SSSR count). The van der Waals surface area contributed by atoms with Crippen LogP contribution in [0.3, 0.4) is 0 Å². The Hall–Kier alpha value is -1.12. The Morgan fingerprint density at radius 1 is 1.77 bits per heavy atom. The minimum Gasteiger partial charge on any atom is -0.481 e. The van der Waals surface area contributed by atoms with Gasteiger partial charge in [0.15, 0.2) is 6.10 Å². The van der Waals surface area contributed by atoms with Crippen molar-refractivity contribution in [3.63, 3.8) is 0 Å². The van der Waals surface area contributed by atoms with Gasteiger partial charge in [-0.25, -0.2) is 0 Å². The van der Waals surface area contributed by atoms with E-state index in [0.717, 1.165) is 0 Å². The molecule has 1 aliphatic heterocycles. The molecule has 72 valence electrons. The average Bonchev–Trinajstić information content (AvgIpc) is 2.15. The summed E-state index contributed by atoms with van der Waals surface area (Å²) in [6.07, 6.45) is -0.277. The molecule has 1 fully saturated rings. The lowest BCUT2D eigenvalue weighted by Crippen LogP contribution is -2.42. The van der Waals surface area contributed by atoms with Gasteiger partial charge in [0.25, 0.3) is 0 Å². The summed E-state index contributed by atoms with van der Waals surface area (Å²) in [7, 11) is 0. The van der Waals surface area contributed by atoms with Crippen LogP contribution in [0.25, 0.3) is 0 Å². The number of hydrogen-bond donors (Lipinski definition) is 1. The normalized spacial score (nSPS) is 23.8. The van der Waals surface area contributed by atoms with Gasteiger partial charge in [-0.3, -0.25) is 9.69 Å². The number of morpholine rings is 1. The number of nitrogens with zero attached hydrogens (tertiary/aromatic N) is 2. The molecule has 0 spiro atoms. The quantitative estimate of drug-likeness (QED) is 0.651. The standard InChI is InChI=1S/C8H12N2O3/c9-5-7-6-10(3-4-13-7)2-1-8(11)12/h7H,1-4,6H2,(H,11,12). The van der Waals surface area contributed by atoms with Crippen LogP contribution in [0.4, 0.5) is 0 Å². The van der Waals surface area contributed by atoms with E-state index in [9.17, 15) is 4.79 Å². The number of carboxylic acids is 1. The molecule has 5 nitrogen and oxygen atoms in total. The number of ether oxygens (including phenoxy) is 1. The van der Waals surface area contributed by atoms with Crippen LogP contribution in [0.2, 0.25) is 0 Å². The molecule has 0 aromatic heterocycles. The number of carbonyl (C=O) groups is 1. The molecular formula is C8H12N2O3. The molecule has 13 heavy (non-hydrogen) atoms. The van der Waals surface area contributed by atoms with E-state index in [0.29, 0.717) is 26.2 Å². The molecule has 1 N–H and O–H groups in total. The van der Waals surface area contributed by atoms with Crippen molar-refractivity contribution in [3.05, 3.63) is 0 Å². The maximum absolute atomic E-state index is 10.3. The van der Waals surface area contributed by atoms with Gasteiger partial charge in [-0.2, -0.15) is 5.26 Å². The summed E-state index contributed by atoms with van der Waals surface area (Å²) in [5, 5.41) is 17.0. The second-order valence-electron chi connectivity index (χ2n) is 2.93. The first kappa shape index (κ1) is 9.96. The predicted octanol–water partition coefficient (Wildman–Crippen LogP) is -0.315. The maximum atomic E-state index is 10.3. The minimum absolute atomic E-state index is 0.123. The zero-order valence-corrected chi connectivity index (χ0v) is 7.27. The molecular weight excluding hydrogens is 172 g/mol. The Morgan fingerprint density at radius 2 is 2.54 bits per heavy atom. The first-order chi connectivity index (χ1) is 6.22. The van der Waals surface area contributed by atoms with Crippen molar-refractivity contribution in [3.8, 4) is 6.07 Å². The van der Waals surface area contributed by atoms with Crippen LogP contribution in [0.1, 0.15) is 6.42 Å². The summed E-state index contributed by atoms with van der Waals surface area (Å²) < 4.78 is 5.11. The molecule has 1 unspecified atom stereocenters. The predicted molar refractivity (Wildman–Crippen MR) is 44.0 cm³/mol. The minimum atomic E-state index is -0.806. The number of aliphatic carboxylic acids is 1. The second kappa shape index (κ2) is 4.80. The van der Waals surface area contributed by atoms with E-state index in [-0.39, 0.29) is 6.42 Å². The highest BCUT2D eigenvalue weighted by Gasteiger charge is 2.19. The third-order valence-electron chi connectivity index (χ3n) is 1.94. The van der Waals surface area contributed by atoms with Crippen LogP contribution in [-0.4, -0.2) is 48.3 Å². The van der Waals surface area contributed by atoms with Crippen LogP contribution in [-0.2, 0) is 9.53 Å². The van der Waals surface area contributed by atoms with E-state index in [1.807, 2.05) is 11.0 Å². The van der Waals surface area contributed by atoms with Crippen LogP contribution in [0.15, 0.2) is 0 Å². The van der Waals surface area contributed by atoms with Crippen LogP contribution >= 0.6 is 0 Å². The van der Waals surface area contributed by atoms with Gasteiger partial charge in [0.05, 0.1) is 19.1 Å². The molecule has 0 bridgehead atoms. The maximum Gasteiger partial charge on any atom is 0.304 e. The molecule has 0 aromatic carbocycles.